The number of aromatic nitrogens is 1. The van der Waals surface area contributed by atoms with E-state index in [-0.39, 0.29) is 5.78 Å². The van der Waals surface area contributed by atoms with Gasteiger partial charge in [0, 0.05) is 30.5 Å². The van der Waals surface area contributed by atoms with Gasteiger partial charge in [0.25, 0.3) is 0 Å². The number of nitrogens with zero attached hydrogens (tertiary/aromatic N) is 1. The third-order valence-electron chi connectivity index (χ3n) is 4.78. The lowest BCUT2D eigenvalue weighted by molar-refractivity contribution is -0.114. The second-order valence-electron chi connectivity index (χ2n) is 6.71. The van der Waals surface area contributed by atoms with E-state index < -0.39 is 0 Å². The van der Waals surface area contributed by atoms with E-state index in [1.54, 1.807) is 18.5 Å². The lowest BCUT2D eigenvalue weighted by Gasteiger charge is -2.17. The van der Waals surface area contributed by atoms with Crippen LogP contribution in [0.4, 0.5) is 0 Å². The fourth-order valence-corrected chi connectivity index (χ4v) is 3.39. The van der Waals surface area contributed by atoms with Crippen LogP contribution in [0.15, 0.2) is 79.1 Å². The highest BCUT2D eigenvalue weighted by atomic mass is 16.5. The summed E-state index contributed by atoms with van der Waals surface area (Å²) in [6.45, 7) is 0.423. The number of allylic oxidation sites excluding steroid dienone is 1. The Kier molecular flexibility index (Phi) is 5.10. The van der Waals surface area contributed by atoms with Crippen LogP contribution in [0.5, 0.6) is 0 Å². The first-order chi connectivity index (χ1) is 13.3. The molecule has 1 aliphatic rings. The van der Waals surface area contributed by atoms with Gasteiger partial charge in [-0.05, 0) is 53.3 Å². The van der Waals surface area contributed by atoms with Crippen molar-refractivity contribution in [3.8, 4) is 11.1 Å². The molecule has 27 heavy (non-hydrogen) atoms. The van der Waals surface area contributed by atoms with E-state index in [0.29, 0.717) is 18.8 Å². The Morgan fingerprint density at radius 2 is 1.74 bits per heavy atom. The minimum atomic E-state index is 0.130. The average molecular weight is 355 g/mol. The quantitative estimate of drug-likeness (QED) is 0.645. The summed E-state index contributed by atoms with van der Waals surface area (Å²) < 4.78 is 6.12. The zero-order valence-corrected chi connectivity index (χ0v) is 15.1. The average Bonchev–Trinajstić information content (AvgIpc) is 2.71. The number of carbonyl (C=O) groups is 1. The summed E-state index contributed by atoms with van der Waals surface area (Å²) >= 11 is 0. The van der Waals surface area contributed by atoms with Gasteiger partial charge in [0.2, 0.25) is 0 Å². The highest BCUT2D eigenvalue weighted by molar-refractivity contribution is 5.96. The van der Waals surface area contributed by atoms with Gasteiger partial charge >= 0.3 is 0 Å². The van der Waals surface area contributed by atoms with Gasteiger partial charge in [-0.25, -0.2) is 0 Å². The van der Waals surface area contributed by atoms with Crippen LogP contribution in [0.2, 0.25) is 0 Å². The topological polar surface area (TPSA) is 39.2 Å². The Labute approximate surface area is 159 Å². The molecule has 1 heterocycles. The number of pyridine rings is 1. The number of ether oxygens (including phenoxy) is 1. The molecule has 0 radical (unpaired) electrons. The molecular formula is C24H21NO2. The van der Waals surface area contributed by atoms with Crippen LogP contribution in [-0.4, -0.2) is 10.8 Å². The number of benzene rings is 2. The van der Waals surface area contributed by atoms with E-state index in [1.165, 1.54) is 5.56 Å². The molecule has 0 saturated heterocycles. The second kappa shape index (κ2) is 8.00. The van der Waals surface area contributed by atoms with Crippen LogP contribution in [0, 0.1) is 0 Å². The van der Waals surface area contributed by atoms with E-state index in [2.05, 4.69) is 23.2 Å². The lowest BCUT2D eigenvalue weighted by atomic mass is 9.96. The fraction of sp³-hybridized carbons (Fsp3) is 0.167. The lowest BCUT2D eigenvalue weighted by Crippen LogP contribution is -2.06. The summed E-state index contributed by atoms with van der Waals surface area (Å²) in [5.74, 6) is 0.801. The first-order valence-corrected chi connectivity index (χ1v) is 9.24. The van der Waals surface area contributed by atoms with Gasteiger partial charge in [0.1, 0.15) is 12.4 Å². The minimum absolute atomic E-state index is 0.130. The van der Waals surface area contributed by atoms with Crippen molar-refractivity contribution in [2.75, 3.05) is 0 Å². The van der Waals surface area contributed by atoms with Gasteiger partial charge in [-0.3, -0.25) is 9.78 Å². The molecule has 0 saturated carbocycles. The number of hydrogen-bond donors (Lipinski definition) is 0. The molecule has 0 unspecified atom stereocenters. The predicted octanol–water partition coefficient (Wildman–Crippen LogP) is 5.21. The van der Waals surface area contributed by atoms with Gasteiger partial charge in [-0.2, -0.15) is 0 Å². The zero-order chi connectivity index (χ0) is 18.5. The standard InChI is InChI=1S/C24H21NO2/c26-22-9-4-7-20-6-1-2-10-23(20)24(16-22)27-17-18-5-3-8-21(15-18)19-11-13-25-14-12-19/h1-3,5-6,8,10-16H,4,7,9,17H2. The smallest absolute Gasteiger partial charge is 0.159 e. The second-order valence-corrected chi connectivity index (χ2v) is 6.71. The summed E-state index contributed by atoms with van der Waals surface area (Å²) in [4.78, 5) is 16.2. The first-order valence-electron chi connectivity index (χ1n) is 9.24. The van der Waals surface area contributed by atoms with Crippen LogP contribution in [0.25, 0.3) is 16.9 Å². The molecule has 0 aliphatic heterocycles. The van der Waals surface area contributed by atoms with Crippen molar-refractivity contribution in [2.24, 2.45) is 0 Å². The van der Waals surface area contributed by atoms with Crippen molar-refractivity contribution < 1.29 is 9.53 Å². The first kappa shape index (κ1) is 17.2. The van der Waals surface area contributed by atoms with Crippen molar-refractivity contribution >= 4 is 11.5 Å². The van der Waals surface area contributed by atoms with E-state index >= 15 is 0 Å². The Morgan fingerprint density at radius 1 is 0.889 bits per heavy atom. The number of hydrogen-bond acceptors (Lipinski definition) is 3. The van der Waals surface area contributed by atoms with Crippen LogP contribution in [0.1, 0.15) is 29.5 Å². The Morgan fingerprint density at radius 3 is 2.63 bits per heavy atom. The molecule has 0 bridgehead atoms. The van der Waals surface area contributed by atoms with Crippen molar-refractivity contribution in [1.82, 2.24) is 4.98 Å². The molecule has 1 aliphatic carbocycles. The van der Waals surface area contributed by atoms with Crippen molar-refractivity contribution in [3.63, 3.8) is 0 Å². The number of rotatable bonds is 4. The maximum Gasteiger partial charge on any atom is 0.159 e. The van der Waals surface area contributed by atoms with Gasteiger partial charge in [-0.15, -0.1) is 0 Å². The van der Waals surface area contributed by atoms with E-state index in [4.69, 9.17) is 4.74 Å². The molecule has 3 nitrogen and oxygen atoms in total. The van der Waals surface area contributed by atoms with Crippen molar-refractivity contribution in [1.29, 1.82) is 0 Å². The summed E-state index contributed by atoms with van der Waals surface area (Å²) in [5, 5.41) is 0. The molecule has 0 atom stereocenters. The van der Waals surface area contributed by atoms with Crippen LogP contribution >= 0.6 is 0 Å². The minimum Gasteiger partial charge on any atom is -0.488 e. The third kappa shape index (κ3) is 4.14. The highest BCUT2D eigenvalue weighted by Crippen LogP contribution is 2.27. The summed E-state index contributed by atoms with van der Waals surface area (Å²) in [6, 6.07) is 20.4. The molecule has 2 aromatic carbocycles. The number of carbonyl (C=O) groups excluding carboxylic acids is 1. The summed E-state index contributed by atoms with van der Waals surface area (Å²) in [5.41, 5.74) is 5.58. The van der Waals surface area contributed by atoms with Crippen LogP contribution in [-0.2, 0) is 22.6 Å². The fourth-order valence-electron chi connectivity index (χ4n) is 3.39. The van der Waals surface area contributed by atoms with Crippen LogP contribution in [0.3, 0.4) is 0 Å². The van der Waals surface area contributed by atoms with Crippen molar-refractivity contribution in [2.45, 2.75) is 25.9 Å². The monoisotopic (exact) mass is 355 g/mol. The highest BCUT2D eigenvalue weighted by Gasteiger charge is 2.15. The summed E-state index contributed by atoms with van der Waals surface area (Å²) in [7, 11) is 0. The SMILES string of the molecule is O=C1C=C(OCc2cccc(-c3ccncc3)c2)c2ccccc2CCC1. The molecular weight excluding hydrogens is 334 g/mol. The molecule has 0 fully saturated rings. The Hall–Kier alpha value is -3.20. The number of ketones is 1. The molecule has 0 spiro atoms. The molecule has 4 rings (SSSR count). The summed E-state index contributed by atoms with van der Waals surface area (Å²) in [6.07, 6.45) is 7.60. The van der Waals surface area contributed by atoms with E-state index in [0.717, 1.165) is 35.1 Å². The third-order valence-corrected chi connectivity index (χ3v) is 4.78. The van der Waals surface area contributed by atoms with E-state index in [9.17, 15) is 4.79 Å². The number of aryl methyl sites for hydroxylation is 1. The number of fused-ring (bicyclic) bond motifs is 1. The maximum absolute atomic E-state index is 12.1. The normalized spacial score (nSPS) is 13.9. The molecule has 1 aromatic heterocycles. The molecule has 3 heteroatoms. The largest absolute Gasteiger partial charge is 0.488 e. The molecule has 0 amide bonds. The van der Waals surface area contributed by atoms with Crippen LogP contribution < -0.4 is 0 Å². The molecule has 0 N–H and O–H groups in total. The Bertz CT molecular complexity index is 976. The molecule has 134 valence electrons. The van der Waals surface area contributed by atoms with Crippen molar-refractivity contribution in [3.05, 3.63) is 95.8 Å². The van der Waals surface area contributed by atoms with Gasteiger partial charge in [-0.1, -0.05) is 42.5 Å². The van der Waals surface area contributed by atoms with Gasteiger partial charge in [0.05, 0.1) is 0 Å². The maximum atomic E-state index is 12.1. The predicted molar refractivity (Wildman–Crippen MR) is 107 cm³/mol. The van der Waals surface area contributed by atoms with E-state index in [1.807, 2.05) is 42.5 Å². The van der Waals surface area contributed by atoms with Gasteiger partial charge in [0.15, 0.2) is 5.78 Å². The van der Waals surface area contributed by atoms with Gasteiger partial charge < -0.3 is 4.74 Å². The molecule has 3 aromatic rings. The Balaban J connectivity index is 1.58. The zero-order valence-electron chi connectivity index (χ0n) is 15.1.